The molecular formula is C13H25N5O3. The molecule has 8 heteroatoms. The van der Waals surface area contributed by atoms with Crippen molar-refractivity contribution < 1.29 is 13.9 Å². The molecule has 21 heavy (non-hydrogen) atoms. The summed E-state index contributed by atoms with van der Waals surface area (Å²) in [5, 5.41) is 16.6. The van der Waals surface area contributed by atoms with E-state index in [2.05, 4.69) is 46.9 Å². The predicted octanol–water partition coefficient (Wildman–Crippen LogP) is 0.521. The van der Waals surface area contributed by atoms with Crippen molar-refractivity contribution in [2.45, 2.75) is 45.8 Å². The molecule has 1 amide bonds. The lowest BCUT2D eigenvalue weighted by Crippen LogP contribution is -2.39. The van der Waals surface area contributed by atoms with Gasteiger partial charge in [-0.2, -0.15) is 0 Å². The van der Waals surface area contributed by atoms with Crippen LogP contribution in [0.5, 0.6) is 0 Å². The number of anilines is 1. The number of nitrogens with one attached hydrogen (secondary N) is 3. The zero-order chi connectivity index (χ0) is 15.9. The summed E-state index contributed by atoms with van der Waals surface area (Å²) >= 11 is 0. The minimum absolute atomic E-state index is 0.0312. The number of methoxy groups -OCH3 is 1. The topological polar surface area (TPSA) is 101 Å². The van der Waals surface area contributed by atoms with Gasteiger partial charge in [0.1, 0.15) is 6.04 Å². The van der Waals surface area contributed by atoms with Crippen molar-refractivity contribution in [2.75, 3.05) is 25.6 Å². The Kier molecular flexibility index (Phi) is 6.57. The van der Waals surface area contributed by atoms with Crippen LogP contribution in [-0.4, -0.2) is 47.9 Å². The molecule has 120 valence electrons. The number of hydrogen-bond donors (Lipinski definition) is 3. The minimum atomic E-state index is -0.467. The van der Waals surface area contributed by atoms with E-state index in [1.807, 2.05) is 0 Å². The molecule has 1 aromatic heterocycles. The first-order valence-corrected chi connectivity index (χ1v) is 6.92. The third-order valence-electron chi connectivity index (χ3n) is 2.58. The van der Waals surface area contributed by atoms with E-state index < -0.39 is 6.04 Å². The summed E-state index contributed by atoms with van der Waals surface area (Å²) in [6.45, 7) is 9.29. The molecule has 1 atom stereocenters. The van der Waals surface area contributed by atoms with Crippen molar-refractivity contribution in [1.29, 1.82) is 0 Å². The molecule has 0 saturated heterocycles. The number of ether oxygens (including phenoxy) is 1. The first-order valence-electron chi connectivity index (χ1n) is 6.92. The van der Waals surface area contributed by atoms with E-state index >= 15 is 0 Å². The Morgan fingerprint density at radius 1 is 1.38 bits per heavy atom. The standard InChI is InChI=1S/C13H25N5O3/c1-9(11(19)14-6-7-20-5)16-12-18-17-10(21-12)8-15-13(2,3)4/h9,15H,6-8H2,1-5H3,(H,14,19)(H,16,18). The lowest BCUT2D eigenvalue weighted by Gasteiger charge is -2.18. The Bertz CT molecular complexity index is 441. The molecule has 0 radical (unpaired) electrons. The van der Waals surface area contributed by atoms with Gasteiger partial charge in [-0.25, -0.2) is 0 Å². The highest BCUT2D eigenvalue weighted by Crippen LogP contribution is 2.08. The highest BCUT2D eigenvalue weighted by atomic mass is 16.5. The molecule has 1 heterocycles. The molecule has 0 bridgehead atoms. The van der Waals surface area contributed by atoms with Crippen molar-refractivity contribution in [1.82, 2.24) is 20.8 Å². The number of carbonyl (C=O) groups excluding carboxylic acids is 1. The van der Waals surface area contributed by atoms with Gasteiger partial charge in [0.25, 0.3) is 0 Å². The molecule has 0 aromatic carbocycles. The highest BCUT2D eigenvalue weighted by molar-refractivity contribution is 5.83. The van der Waals surface area contributed by atoms with E-state index in [4.69, 9.17) is 9.15 Å². The third-order valence-corrected chi connectivity index (χ3v) is 2.58. The quantitative estimate of drug-likeness (QED) is 0.601. The van der Waals surface area contributed by atoms with Gasteiger partial charge in [-0.3, -0.25) is 4.79 Å². The fourth-order valence-electron chi connectivity index (χ4n) is 1.40. The van der Waals surface area contributed by atoms with E-state index in [9.17, 15) is 4.79 Å². The van der Waals surface area contributed by atoms with Gasteiger partial charge < -0.3 is 25.1 Å². The molecule has 0 aliphatic rings. The van der Waals surface area contributed by atoms with E-state index in [-0.39, 0.29) is 17.5 Å². The van der Waals surface area contributed by atoms with Crippen LogP contribution < -0.4 is 16.0 Å². The van der Waals surface area contributed by atoms with Gasteiger partial charge in [0, 0.05) is 19.2 Å². The summed E-state index contributed by atoms with van der Waals surface area (Å²) in [6, 6.07) is -0.235. The van der Waals surface area contributed by atoms with Crippen LogP contribution in [0.3, 0.4) is 0 Å². The Morgan fingerprint density at radius 2 is 2.10 bits per heavy atom. The average molecular weight is 299 g/mol. The largest absolute Gasteiger partial charge is 0.407 e. The van der Waals surface area contributed by atoms with E-state index in [1.54, 1.807) is 14.0 Å². The van der Waals surface area contributed by atoms with Crippen LogP contribution in [0.25, 0.3) is 0 Å². The maximum absolute atomic E-state index is 11.8. The number of amides is 1. The van der Waals surface area contributed by atoms with Crippen LogP contribution in [0.4, 0.5) is 6.01 Å². The van der Waals surface area contributed by atoms with E-state index in [0.717, 1.165) is 0 Å². The molecule has 0 saturated carbocycles. The van der Waals surface area contributed by atoms with Crippen LogP contribution in [0.2, 0.25) is 0 Å². The normalized spacial score (nSPS) is 13.0. The zero-order valence-corrected chi connectivity index (χ0v) is 13.3. The van der Waals surface area contributed by atoms with Crippen molar-refractivity contribution in [3.05, 3.63) is 5.89 Å². The van der Waals surface area contributed by atoms with Crippen LogP contribution >= 0.6 is 0 Å². The van der Waals surface area contributed by atoms with Crippen molar-refractivity contribution >= 4 is 11.9 Å². The number of nitrogens with zero attached hydrogens (tertiary/aromatic N) is 2. The summed E-state index contributed by atoms with van der Waals surface area (Å²) in [6.07, 6.45) is 0. The third kappa shape index (κ3) is 7.05. The molecule has 3 N–H and O–H groups in total. The summed E-state index contributed by atoms with van der Waals surface area (Å²) in [7, 11) is 1.58. The first kappa shape index (κ1) is 17.4. The van der Waals surface area contributed by atoms with Gasteiger partial charge in [-0.05, 0) is 27.7 Å². The lowest BCUT2D eigenvalue weighted by molar-refractivity contribution is -0.121. The Hall–Kier alpha value is -1.67. The summed E-state index contributed by atoms with van der Waals surface area (Å²) in [4.78, 5) is 11.8. The second kappa shape index (κ2) is 7.94. The SMILES string of the molecule is COCCNC(=O)C(C)Nc1nnc(CNC(C)(C)C)o1. The number of carbonyl (C=O) groups is 1. The molecule has 1 aromatic rings. The number of hydrogen-bond acceptors (Lipinski definition) is 7. The Balaban J connectivity index is 2.41. The average Bonchev–Trinajstić information content (AvgIpc) is 2.83. The molecule has 0 spiro atoms. The molecule has 0 aliphatic heterocycles. The molecule has 0 fully saturated rings. The van der Waals surface area contributed by atoms with Crippen LogP contribution in [0, 0.1) is 0 Å². The Morgan fingerprint density at radius 3 is 2.71 bits per heavy atom. The summed E-state index contributed by atoms with van der Waals surface area (Å²) in [5.74, 6) is 0.319. The minimum Gasteiger partial charge on any atom is -0.407 e. The molecular weight excluding hydrogens is 274 g/mol. The smallest absolute Gasteiger partial charge is 0.316 e. The van der Waals surface area contributed by atoms with Gasteiger partial charge in [0.15, 0.2) is 0 Å². The van der Waals surface area contributed by atoms with Gasteiger partial charge in [-0.1, -0.05) is 5.10 Å². The lowest BCUT2D eigenvalue weighted by atomic mass is 10.1. The van der Waals surface area contributed by atoms with Crippen LogP contribution in [0.15, 0.2) is 4.42 Å². The first-order chi connectivity index (χ1) is 9.81. The monoisotopic (exact) mass is 299 g/mol. The predicted molar refractivity (Wildman–Crippen MR) is 78.9 cm³/mol. The van der Waals surface area contributed by atoms with Crippen LogP contribution in [0.1, 0.15) is 33.6 Å². The van der Waals surface area contributed by atoms with Gasteiger partial charge in [0.2, 0.25) is 11.8 Å². The maximum atomic E-state index is 11.8. The van der Waals surface area contributed by atoms with Gasteiger partial charge in [-0.15, -0.1) is 5.10 Å². The van der Waals surface area contributed by atoms with E-state index in [0.29, 0.717) is 25.6 Å². The van der Waals surface area contributed by atoms with Gasteiger partial charge in [0.05, 0.1) is 13.2 Å². The summed E-state index contributed by atoms with van der Waals surface area (Å²) in [5.41, 5.74) is -0.0312. The number of rotatable bonds is 8. The second-order valence-corrected chi connectivity index (χ2v) is 5.75. The fraction of sp³-hybridized carbons (Fsp3) is 0.769. The van der Waals surface area contributed by atoms with E-state index in [1.165, 1.54) is 0 Å². The van der Waals surface area contributed by atoms with Gasteiger partial charge >= 0.3 is 6.01 Å². The fourth-order valence-corrected chi connectivity index (χ4v) is 1.40. The maximum Gasteiger partial charge on any atom is 0.316 e. The molecule has 1 unspecified atom stereocenters. The van der Waals surface area contributed by atoms with Crippen LogP contribution in [-0.2, 0) is 16.1 Å². The Labute approximate surface area is 125 Å². The van der Waals surface area contributed by atoms with Crippen molar-refractivity contribution in [3.63, 3.8) is 0 Å². The summed E-state index contributed by atoms with van der Waals surface area (Å²) < 4.78 is 10.3. The van der Waals surface area contributed by atoms with Crippen molar-refractivity contribution in [2.24, 2.45) is 0 Å². The molecule has 1 rings (SSSR count). The number of aromatic nitrogens is 2. The highest BCUT2D eigenvalue weighted by Gasteiger charge is 2.16. The zero-order valence-electron chi connectivity index (χ0n) is 13.3. The van der Waals surface area contributed by atoms with Crippen molar-refractivity contribution in [3.8, 4) is 0 Å². The second-order valence-electron chi connectivity index (χ2n) is 5.75. The molecule has 0 aliphatic carbocycles. The molecule has 8 nitrogen and oxygen atoms in total.